The zero-order valence-corrected chi connectivity index (χ0v) is 19.5. The van der Waals surface area contributed by atoms with Crippen molar-refractivity contribution < 1.29 is 9.59 Å². The molecule has 1 amide bonds. The SMILES string of the molecule is CC(=O)c1ccc(NC(=O)C(C)Sc2nnc(-c3cccc(C)c3)n2-c2ccccc2)cc1. The van der Waals surface area contributed by atoms with Crippen molar-refractivity contribution >= 4 is 29.1 Å². The summed E-state index contributed by atoms with van der Waals surface area (Å²) in [7, 11) is 0. The molecule has 3 aromatic carbocycles. The number of benzene rings is 3. The number of hydrogen-bond donors (Lipinski definition) is 1. The number of anilines is 1. The van der Waals surface area contributed by atoms with Crippen LogP contribution in [-0.2, 0) is 4.79 Å². The topological polar surface area (TPSA) is 76.9 Å². The molecule has 0 radical (unpaired) electrons. The fraction of sp³-hybridized carbons (Fsp3) is 0.154. The molecule has 1 unspecified atom stereocenters. The molecule has 0 aliphatic carbocycles. The average Bonchev–Trinajstić information content (AvgIpc) is 3.23. The molecule has 0 aliphatic rings. The minimum atomic E-state index is -0.422. The molecule has 0 spiro atoms. The molecule has 0 fully saturated rings. The number of carbonyl (C=O) groups is 2. The number of carbonyl (C=O) groups excluding carboxylic acids is 2. The first-order chi connectivity index (χ1) is 15.9. The summed E-state index contributed by atoms with van der Waals surface area (Å²) in [5.41, 5.74) is 4.26. The molecule has 7 heteroatoms. The summed E-state index contributed by atoms with van der Waals surface area (Å²) in [6.07, 6.45) is 0. The molecule has 1 N–H and O–H groups in total. The molecule has 0 bridgehead atoms. The van der Waals surface area contributed by atoms with Gasteiger partial charge in [-0.3, -0.25) is 14.2 Å². The van der Waals surface area contributed by atoms with Crippen LogP contribution in [0.15, 0.2) is 84.0 Å². The summed E-state index contributed by atoms with van der Waals surface area (Å²) in [6, 6.07) is 24.9. The van der Waals surface area contributed by atoms with Crippen molar-refractivity contribution in [2.45, 2.75) is 31.2 Å². The molecule has 0 saturated carbocycles. The lowest BCUT2D eigenvalue weighted by Crippen LogP contribution is -2.23. The lowest BCUT2D eigenvalue weighted by Gasteiger charge is -2.14. The predicted octanol–water partition coefficient (Wildman–Crippen LogP) is 5.56. The number of rotatable bonds is 7. The van der Waals surface area contributed by atoms with E-state index in [0.717, 1.165) is 22.6 Å². The molecular formula is C26H24N4O2S. The second kappa shape index (κ2) is 9.83. The van der Waals surface area contributed by atoms with Crippen molar-refractivity contribution in [3.63, 3.8) is 0 Å². The van der Waals surface area contributed by atoms with Gasteiger partial charge in [-0.2, -0.15) is 0 Å². The average molecular weight is 457 g/mol. The highest BCUT2D eigenvalue weighted by Gasteiger charge is 2.22. The smallest absolute Gasteiger partial charge is 0.237 e. The van der Waals surface area contributed by atoms with E-state index in [9.17, 15) is 9.59 Å². The summed E-state index contributed by atoms with van der Waals surface area (Å²) in [6.45, 7) is 5.39. The number of Topliss-reactive ketones (excluding diaryl/α,β-unsaturated/α-hetero) is 1. The third-order valence-electron chi connectivity index (χ3n) is 5.13. The molecule has 6 nitrogen and oxygen atoms in total. The summed E-state index contributed by atoms with van der Waals surface area (Å²) in [5, 5.41) is 12.0. The first kappa shape index (κ1) is 22.5. The Morgan fingerprint density at radius 3 is 2.33 bits per heavy atom. The lowest BCUT2D eigenvalue weighted by molar-refractivity contribution is -0.115. The summed E-state index contributed by atoms with van der Waals surface area (Å²) < 4.78 is 1.98. The number of hydrogen-bond acceptors (Lipinski definition) is 5. The van der Waals surface area contributed by atoms with Crippen LogP contribution in [0.2, 0.25) is 0 Å². The van der Waals surface area contributed by atoms with Crippen LogP contribution in [-0.4, -0.2) is 31.7 Å². The van der Waals surface area contributed by atoms with Crippen LogP contribution in [0.1, 0.15) is 29.8 Å². The van der Waals surface area contributed by atoms with Gasteiger partial charge in [0.15, 0.2) is 16.8 Å². The van der Waals surface area contributed by atoms with Crippen molar-refractivity contribution in [1.29, 1.82) is 0 Å². The Labute approximate surface area is 197 Å². The minimum absolute atomic E-state index is 0.0125. The quantitative estimate of drug-likeness (QED) is 0.291. The molecule has 1 heterocycles. The van der Waals surface area contributed by atoms with Gasteiger partial charge in [-0.05, 0) is 63.2 Å². The molecule has 166 valence electrons. The van der Waals surface area contributed by atoms with Gasteiger partial charge in [0.2, 0.25) is 5.91 Å². The van der Waals surface area contributed by atoms with Crippen LogP contribution in [0.4, 0.5) is 5.69 Å². The van der Waals surface area contributed by atoms with E-state index >= 15 is 0 Å². The van der Waals surface area contributed by atoms with E-state index in [1.165, 1.54) is 18.7 Å². The zero-order valence-electron chi connectivity index (χ0n) is 18.6. The molecule has 4 aromatic rings. The molecule has 4 rings (SSSR count). The van der Waals surface area contributed by atoms with Crippen molar-refractivity contribution in [3.05, 3.63) is 90.0 Å². The number of para-hydroxylation sites is 1. The highest BCUT2D eigenvalue weighted by atomic mass is 32.2. The number of thioether (sulfide) groups is 1. The number of aromatic nitrogens is 3. The highest BCUT2D eigenvalue weighted by Crippen LogP contribution is 2.30. The maximum Gasteiger partial charge on any atom is 0.237 e. The zero-order chi connectivity index (χ0) is 23.4. The van der Waals surface area contributed by atoms with Gasteiger partial charge in [0.05, 0.1) is 5.25 Å². The van der Waals surface area contributed by atoms with Crippen LogP contribution in [0, 0.1) is 6.92 Å². The van der Waals surface area contributed by atoms with Gasteiger partial charge in [-0.15, -0.1) is 10.2 Å². The minimum Gasteiger partial charge on any atom is -0.325 e. The summed E-state index contributed by atoms with van der Waals surface area (Å²) >= 11 is 1.34. The summed E-state index contributed by atoms with van der Waals surface area (Å²) in [5.74, 6) is 0.552. The van der Waals surface area contributed by atoms with Gasteiger partial charge in [-0.1, -0.05) is 53.7 Å². The van der Waals surface area contributed by atoms with E-state index in [2.05, 4.69) is 21.6 Å². The number of nitrogens with zero attached hydrogens (tertiary/aromatic N) is 3. The Bertz CT molecular complexity index is 1280. The fourth-order valence-electron chi connectivity index (χ4n) is 3.37. The first-order valence-corrected chi connectivity index (χ1v) is 11.5. The van der Waals surface area contributed by atoms with Crippen LogP contribution in [0.3, 0.4) is 0 Å². The Morgan fingerprint density at radius 1 is 0.939 bits per heavy atom. The maximum atomic E-state index is 12.8. The number of aryl methyl sites for hydroxylation is 1. The van der Waals surface area contributed by atoms with Gasteiger partial charge in [-0.25, -0.2) is 0 Å². The van der Waals surface area contributed by atoms with E-state index in [1.807, 2.05) is 66.9 Å². The van der Waals surface area contributed by atoms with E-state index < -0.39 is 5.25 Å². The predicted molar refractivity (Wildman–Crippen MR) is 132 cm³/mol. The maximum absolute atomic E-state index is 12.8. The summed E-state index contributed by atoms with van der Waals surface area (Å²) in [4.78, 5) is 24.3. The van der Waals surface area contributed by atoms with Crippen LogP contribution < -0.4 is 5.32 Å². The monoisotopic (exact) mass is 456 g/mol. The molecule has 1 aromatic heterocycles. The molecule has 33 heavy (non-hydrogen) atoms. The van der Waals surface area contributed by atoms with Gasteiger partial charge < -0.3 is 5.32 Å². The Kier molecular flexibility index (Phi) is 6.70. The second-order valence-electron chi connectivity index (χ2n) is 7.73. The third-order valence-corrected chi connectivity index (χ3v) is 6.18. The van der Waals surface area contributed by atoms with Crippen molar-refractivity contribution in [2.75, 3.05) is 5.32 Å². The largest absolute Gasteiger partial charge is 0.325 e. The number of nitrogens with one attached hydrogen (secondary N) is 1. The lowest BCUT2D eigenvalue weighted by atomic mass is 10.1. The molecule has 0 aliphatic heterocycles. The van der Waals surface area contributed by atoms with Crippen molar-refractivity contribution in [2.24, 2.45) is 0 Å². The molecule has 0 saturated heterocycles. The molecule has 1 atom stereocenters. The number of amides is 1. The Morgan fingerprint density at radius 2 is 1.67 bits per heavy atom. The normalized spacial score (nSPS) is 11.7. The first-order valence-electron chi connectivity index (χ1n) is 10.6. The Balaban J connectivity index is 1.59. The van der Waals surface area contributed by atoms with Gasteiger partial charge in [0, 0.05) is 22.5 Å². The highest BCUT2D eigenvalue weighted by molar-refractivity contribution is 8.00. The van der Waals surface area contributed by atoms with Crippen molar-refractivity contribution in [3.8, 4) is 17.1 Å². The van der Waals surface area contributed by atoms with E-state index in [4.69, 9.17) is 0 Å². The van der Waals surface area contributed by atoms with Crippen molar-refractivity contribution in [1.82, 2.24) is 14.8 Å². The third kappa shape index (κ3) is 5.21. The second-order valence-corrected chi connectivity index (χ2v) is 9.04. The Hall–Kier alpha value is -3.71. The van der Waals surface area contributed by atoms with E-state index in [-0.39, 0.29) is 11.7 Å². The van der Waals surface area contributed by atoms with Crippen LogP contribution in [0.5, 0.6) is 0 Å². The number of ketones is 1. The standard InChI is InChI=1S/C26H24N4O2S/c1-17-8-7-9-21(16-17)24-28-29-26(30(24)23-10-5-4-6-11-23)33-19(3)25(32)27-22-14-12-20(13-15-22)18(2)31/h4-16,19H,1-3H3,(H,27,32). The van der Waals surface area contributed by atoms with Crippen LogP contribution in [0.25, 0.3) is 17.1 Å². The van der Waals surface area contributed by atoms with Gasteiger partial charge >= 0.3 is 0 Å². The van der Waals surface area contributed by atoms with E-state index in [1.54, 1.807) is 24.3 Å². The molecular weight excluding hydrogens is 432 g/mol. The van der Waals surface area contributed by atoms with Crippen LogP contribution >= 0.6 is 11.8 Å². The van der Waals surface area contributed by atoms with Gasteiger partial charge in [0.1, 0.15) is 0 Å². The van der Waals surface area contributed by atoms with E-state index in [0.29, 0.717) is 16.4 Å². The van der Waals surface area contributed by atoms with Gasteiger partial charge in [0.25, 0.3) is 0 Å². The fourth-order valence-corrected chi connectivity index (χ4v) is 4.24.